The van der Waals surface area contributed by atoms with E-state index in [-0.39, 0.29) is 0 Å². The second kappa shape index (κ2) is 4.73. The minimum atomic E-state index is 0.534. The molecule has 0 radical (unpaired) electrons. The van der Waals surface area contributed by atoms with E-state index in [4.69, 9.17) is 0 Å². The summed E-state index contributed by atoms with van der Waals surface area (Å²) in [5.41, 5.74) is 5.49. The van der Waals surface area contributed by atoms with Crippen LogP contribution in [-0.2, 0) is 0 Å². The average Bonchev–Trinajstić information content (AvgIpc) is 2.83. The molecule has 19 heavy (non-hydrogen) atoms. The molecule has 1 N–H and O–H groups in total. The lowest BCUT2D eigenvalue weighted by molar-refractivity contribution is 0.497. The first-order chi connectivity index (χ1) is 9.16. The van der Waals surface area contributed by atoms with Crippen LogP contribution in [0.1, 0.15) is 38.2 Å². The summed E-state index contributed by atoms with van der Waals surface area (Å²) in [5.74, 6) is 1.16. The Labute approximate surface area is 115 Å². The number of para-hydroxylation sites is 1. The van der Waals surface area contributed by atoms with Gasteiger partial charge in [-0.1, -0.05) is 42.0 Å². The van der Waals surface area contributed by atoms with Gasteiger partial charge in [-0.3, -0.25) is 0 Å². The Morgan fingerprint density at radius 1 is 1.32 bits per heavy atom. The molecule has 0 aliphatic heterocycles. The highest BCUT2D eigenvalue weighted by Gasteiger charge is 2.25. The van der Waals surface area contributed by atoms with Crippen molar-refractivity contribution in [3.05, 3.63) is 59.8 Å². The second-order valence-corrected chi connectivity index (χ2v) is 5.81. The second-order valence-electron chi connectivity index (χ2n) is 5.81. The molecular weight excluding hydrogens is 230 g/mol. The summed E-state index contributed by atoms with van der Waals surface area (Å²) in [4.78, 5) is 3.40. The molecule has 0 saturated carbocycles. The van der Waals surface area contributed by atoms with Crippen molar-refractivity contribution in [3.8, 4) is 0 Å². The van der Waals surface area contributed by atoms with Crippen molar-refractivity contribution >= 4 is 10.9 Å². The van der Waals surface area contributed by atoms with Crippen molar-refractivity contribution < 1.29 is 0 Å². The fraction of sp³-hybridized carbons (Fsp3) is 0.333. The van der Waals surface area contributed by atoms with E-state index in [1.807, 2.05) is 0 Å². The average molecular weight is 251 g/mol. The van der Waals surface area contributed by atoms with Crippen molar-refractivity contribution in [1.29, 1.82) is 0 Å². The maximum absolute atomic E-state index is 4.14. The van der Waals surface area contributed by atoms with Gasteiger partial charge in [0.15, 0.2) is 0 Å². The first kappa shape index (κ1) is 12.3. The molecule has 1 aromatic carbocycles. The Balaban J connectivity index is 2.03. The van der Waals surface area contributed by atoms with Gasteiger partial charge in [-0.25, -0.2) is 0 Å². The van der Waals surface area contributed by atoms with Crippen LogP contribution >= 0.6 is 0 Å². The van der Waals surface area contributed by atoms with Crippen LogP contribution in [0.3, 0.4) is 0 Å². The third-order valence-electron chi connectivity index (χ3n) is 4.49. The molecule has 0 spiro atoms. The van der Waals surface area contributed by atoms with Gasteiger partial charge in [0.2, 0.25) is 0 Å². The molecule has 0 saturated heterocycles. The topological polar surface area (TPSA) is 15.8 Å². The summed E-state index contributed by atoms with van der Waals surface area (Å²) >= 11 is 0. The van der Waals surface area contributed by atoms with Crippen LogP contribution in [0.25, 0.3) is 10.9 Å². The molecule has 0 amide bonds. The molecule has 1 heteroatoms. The number of rotatable bonds is 2. The van der Waals surface area contributed by atoms with Crippen molar-refractivity contribution in [2.24, 2.45) is 5.92 Å². The number of hydrogen-bond donors (Lipinski definition) is 1. The van der Waals surface area contributed by atoms with Gasteiger partial charge in [0.1, 0.15) is 0 Å². The summed E-state index contributed by atoms with van der Waals surface area (Å²) in [6, 6.07) is 8.58. The molecule has 3 rings (SSSR count). The standard InChI is InChI=1S/C18H21N/c1-12(2)14-9-8-13(3)16(10-14)17-11-19-18-7-5-4-6-15(17)18/h4-8,11,14,16,19H,1,9-10H2,2-3H3/t14-,16?/m1/s1. The minimum absolute atomic E-state index is 0.534. The Morgan fingerprint density at radius 3 is 2.89 bits per heavy atom. The van der Waals surface area contributed by atoms with E-state index in [1.54, 1.807) is 0 Å². The third kappa shape index (κ3) is 2.14. The molecule has 1 heterocycles. The van der Waals surface area contributed by atoms with E-state index < -0.39 is 0 Å². The first-order valence-corrected chi connectivity index (χ1v) is 7.05. The first-order valence-electron chi connectivity index (χ1n) is 7.05. The molecule has 1 nitrogen and oxygen atoms in total. The maximum Gasteiger partial charge on any atom is 0.0457 e. The Bertz CT molecular complexity index is 645. The maximum atomic E-state index is 4.14. The molecule has 0 fully saturated rings. The normalized spacial score (nSPS) is 23.4. The van der Waals surface area contributed by atoms with E-state index in [1.165, 1.54) is 34.0 Å². The van der Waals surface area contributed by atoms with Gasteiger partial charge in [-0.05, 0) is 44.2 Å². The summed E-state index contributed by atoms with van der Waals surface area (Å²) in [6.45, 7) is 8.57. The minimum Gasteiger partial charge on any atom is -0.361 e. The van der Waals surface area contributed by atoms with E-state index in [9.17, 15) is 0 Å². The van der Waals surface area contributed by atoms with Crippen LogP contribution < -0.4 is 0 Å². The quantitative estimate of drug-likeness (QED) is 0.707. The molecule has 1 unspecified atom stereocenters. The number of H-pyrrole nitrogens is 1. The molecule has 1 aliphatic rings. The Morgan fingerprint density at radius 2 is 2.11 bits per heavy atom. The predicted octanol–water partition coefficient (Wildman–Crippen LogP) is 5.18. The van der Waals surface area contributed by atoms with Crippen LogP contribution in [0.4, 0.5) is 0 Å². The Hall–Kier alpha value is -1.76. The smallest absolute Gasteiger partial charge is 0.0457 e. The molecule has 1 aliphatic carbocycles. The number of benzene rings is 1. The fourth-order valence-corrected chi connectivity index (χ4v) is 3.19. The number of aromatic nitrogens is 1. The summed E-state index contributed by atoms with van der Waals surface area (Å²) in [6.07, 6.45) is 6.93. The molecule has 98 valence electrons. The van der Waals surface area contributed by atoms with E-state index in [0.29, 0.717) is 11.8 Å². The van der Waals surface area contributed by atoms with Gasteiger partial charge in [0.25, 0.3) is 0 Å². The molecule has 1 aromatic heterocycles. The van der Waals surface area contributed by atoms with Gasteiger partial charge in [0.05, 0.1) is 0 Å². The summed E-state index contributed by atoms with van der Waals surface area (Å²) < 4.78 is 0. The molecule has 2 atom stereocenters. The number of hydrogen-bond acceptors (Lipinski definition) is 0. The lowest BCUT2D eigenvalue weighted by Crippen LogP contribution is -2.14. The highest BCUT2D eigenvalue weighted by atomic mass is 14.7. The van der Waals surface area contributed by atoms with Gasteiger partial charge in [-0.2, -0.15) is 0 Å². The predicted molar refractivity (Wildman–Crippen MR) is 82.3 cm³/mol. The van der Waals surface area contributed by atoms with Crippen LogP contribution in [0.15, 0.2) is 54.3 Å². The number of fused-ring (bicyclic) bond motifs is 1. The summed E-state index contributed by atoms with van der Waals surface area (Å²) in [7, 11) is 0. The summed E-state index contributed by atoms with van der Waals surface area (Å²) in [5, 5.41) is 1.36. The van der Waals surface area contributed by atoms with Crippen molar-refractivity contribution in [2.45, 2.75) is 32.6 Å². The highest BCUT2D eigenvalue weighted by Crippen LogP contribution is 2.41. The van der Waals surface area contributed by atoms with Crippen LogP contribution in [-0.4, -0.2) is 4.98 Å². The Kier molecular flexibility index (Phi) is 3.06. The number of aromatic amines is 1. The zero-order valence-electron chi connectivity index (χ0n) is 11.7. The van der Waals surface area contributed by atoms with Crippen molar-refractivity contribution in [3.63, 3.8) is 0 Å². The largest absolute Gasteiger partial charge is 0.361 e. The fourth-order valence-electron chi connectivity index (χ4n) is 3.19. The van der Waals surface area contributed by atoms with E-state index in [2.05, 4.69) is 61.9 Å². The SMILES string of the molecule is C=C(C)[C@@H]1CC=C(C)C(c2c[nH]c3ccccc23)C1. The number of allylic oxidation sites excluding steroid dienone is 3. The van der Waals surface area contributed by atoms with Crippen LogP contribution in [0.5, 0.6) is 0 Å². The van der Waals surface area contributed by atoms with Gasteiger partial charge in [0, 0.05) is 23.0 Å². The van der Waals surface area contributed by atoms with Gasteiger partial charge in [-0.15, -0.1) is 0 Å². The monoisotopic (exact) mass is 251 g/mol. The molecular formula is C18H21N. The molecule has 2 aromatic rings. The van der Waals surface area contributed by atoms with Crippen LogP contribution in [0.2, 0.25) is 0 Å². The van der Waals surface area contributed by atoms with E-state index >= 15 is 0 Å². The lowest BCUT2D eigenvalue weighted by atomic mass is 9.76. The van der Waals surface area contributed by atoms with Gasteiger partial charge < -0.3 is 4.98 Å². The highest BCUT2D eigenvalue weighted by molar-refractivity contribution is 5.84. The zero-order chi connectivity index (χ0) is 13.4. The lowest BCUT2D eigenvalue weighted by Gasteiger charge is -2.29. The van der Waals surface area contributed by atoms with Crippen molar-refractivity contribution in [2.75, 3.05) is 0 Å². The third-order valence-corrected chi connectivity index (χ3v) is 4.49. The number of nitrogens with one attached hydrogen (secondary N) is 1. The molecule has 0 bridgehead atoms. The zero-order valence-corrected chi connectivity index (χ0v) is 11.7. The van der Waals surface area contributed by atoms with Gasteiger partial charge >= 0.3 is 0 Å². The van der Waals surface area contributed by atoms with Crippen LogP contribution in [0, 0.1) is 5.92 Å². The van der Waals surface area contributed by atoms with Crippen molar-refractivity contribution in [1.82, 2.24) is 4.98 Å². The van der Waals surface area contributed by atoms with E-state index in [0.717, 1.165) is 6.42 Å².